The number of amides is 1. The van der Waals surface area contributed by atoms with Crippen LogP contribution < -0.4 is 15.4 Å². The minimum Gasteiger partial charge on any atom is -0.435 e. The van der Waals surface area contributed by atoms with Gasteiger partial charge < -0.3 is 10.1 Å². The van der Waals surface area contributed by atoms with E-state index in [-0.39, 0.29) is 24.2 Å². The maximum Gasteiger partial charge on any atom is 0.387 e. The van der Waals surface area contributed by atoms with Crippen LogP contribution in [0.5, 0.6) is 5.75 Å². The lowest BCUT2D eigenvalue weighted by atomic mass is 9.98. The highest BCUT2D eigenvalue weighted by Gasteiger charge is 2.15. The molecule has 0 saturated carbocycles. The summed E-state index contributed by atoms with van der Waals surface area (Å²) in [7, 11) is 0. The van der Waals surface area contributed by atoms with Crippen molar-refractivity contribution in [1.82, 2.24) is 10.6 Å². The van der Waals surface area contributed by atoms with E-state index in [0.29, 0.717) is 6.54 Å². The molecule has 0 saturated heterocycles. The molecule has 0 aromatic heterocycles. The number of benzene rings is 3. The summed E-state index contributed by atoms with van der Waals surface area (Å²) in [6, 6.07) is 25.4. The summed E-state index contributed by atoms with van der Waals surface area (Å²) in [5.74, 6) is -0.0383. The van der Waals surface area contributed by atoms with Gasteiger partial charge in [0.1, 0.15) is 5.75 Å². The van der Waals surface area contributed by atoms with E-state index in [9.17, 15) is 13.6 Å². The van der Waals surface area contributed by atoms with Gasteiger partial charge in [-0.2, -0.15) is 8.78 Å². The van der Waals surface area contributed by atoms with Crippen molar-refractivity contribution in [3.63, 3.8) is 0 Å². The predicted octanol–water partition coefficient (Wildman–Crippen LogP) is 4.28. The zero-order valence-electron chi connectivity index (χ0n) is 15.7. The summed E-state index contributed by atoms with van der Waals surface area (Å²) >= 11 is 0. The van der Waals surface area contributed by atoms with Crippen LogP contribution in [0.25, 0.3) is 0 Å². The number of hydrogen-bond donors (Lipinski definition) is 2. The Morgan fingerprint density at radius 3 is 2.03 bits per heavy atom. The second-order valence-corrected chi connectivity index (χ2v) is 6.43. The fourth-order valence-corrected chi connectivity index (χ4v) is 2.97. The standard InChI is InChI=1S/C23H22F2N2O2/c24-23(25)29-20-13-11-19(12-14-20)22(18-9-5-2-6-10-18)27-16-21(28)26-15-17-7-3-1-4-8-17/h1-14,22-23,27H,15-16H2,(H,26,28)/t22-/m1/s1. The van der Waals surface area contributed by atoms with Crippen LogP contribution in [0.1, 0.15) is 22.7 Å². The Morgan fingerprint density at radius 1 is 0.828 bits per heavy atom. The first-order valence-corrected chi connectivity index (χ1v) is 9.25. The van der Waals surface area contributed by atoms with Gasteiger partial charge in [0, 0.05) is 6.54 Å². The Bertz CT molecular complexity index is 888. The predicted molar refractivity (Wildman–Crippen MR) is 108 cm³/mol. The third-order valence-corrected chi connectivity index (χ3v) is 4.37. The van der Waals surface area contributed by atoms with E-state index < -0.39 is 6.61 Å². The zero-order valence-corrected chi connectivity index (χ0v) is 15.7. The largest absolute Gasteiger partial charge is 0.435 e. The highest BCUT2D eigenvalue weighted by atomic mass is 19.3. The second kappa shape index (κ2) is 10.3. The summed E-state index contributed by atoms with van der Waals surface area (Å²) in [5, 5.41) is 6.13. The van der Waals surface area contributed by atoms with Crippen molar-refractivity contribution in [3.05, 3.63) is 102 Å². The van der Waals surface area contributed by atoms with E-state index in [0.717, 1.165) is 16.7 Å². The Morgan fingerprint density at radius 2 is 1.41 bits per heavy atom. The fourth-order valence-electron chi connectivity index (χ4n) is 2.97. The Hall–Kier alpha value is -3.25. The van der Waals surface area contributed by atoms with Crippen molar-refractivity contribution in [2.75, 3.05) is 6.54 Å². The van der Waals surface area contributed by atoms with Gasteiger partial charge in [-0.3, -0.25) is 10.1 Å². The number of ether oxygens (including phenoxy) is 1. The molecule has 6 heteroatoms. The molecule has 3 aromatic carbocycles. The Labute approximate surface area is 168 Å². The second-order valence-electron chi connectivity index (χ2n) is 6.43. The molecule has 3 aromatic rings. The van der Waals surface area contributed by atoms with Crippen LogP contribution >= 0.6 is 0 Å². The molecule has 0 bridgehead atoms. The third kappa shape index (κ3) is 6.40. The normalized spacial score (nSPS) is 11.8. The van der Waals surface area contributed by atoms with Crippen LogP contribution in [-0.4, -0.2) is 19.1 Å². The van der Waals surface area contributed by atoms with Gasteiger partial charge in [-0.15, -0.1) is 0 Å². The summed E-state index contributed by atoms with van der Waals surface area (Å²) in [4.78, 5) is 12.3. The minimum atomic E-state index is -2.86. The lowest BCUT2D eigenvalue weighted by molar-refractivity contribution is -0.120. The first kappa shape index (κ1) is 20.5. The molecule has 1 atom stereocenters. The Balaban J connectivity index is 1.65. The van der Waals surface area contributed by atoms with Crippen LogP contribution in [0.2, 0.25) is 0 Å². The summed E-state index contributed by atoms with van der Waals surface area (Å²) < 4.78 is 29.1. The quantitative estimate of drug-likeness (QED) is 0.568. The fraction of sp³-hybridized carbons (Fsp3) is 0.174. The maximum absolute atomic E-state index is 12.4. The number of nitrogens with one attached hydrogen (secondary N) is 2. The smallest absolute Gasteiger partial charge is 0.387 e. The van der Waals surface area contributed by atoms with Crippen molar-refractivity contribution in [1.29, 1.82) is 0 Å². The van der Waals surface area contributed by atoms with Crippen LogP contribution in [0.4, 0.5) is 8.78 Å². The minimum absolute atomic E-state index is 0.0937. The summed E-state index contributed by atoms with van der Waals surface area (Å²) in [6.45, 7) is -2.30. The van der Waals surface area contributed by atoms with Crippen molar-refractivity contribution in [2.24, 2.45) is 0 Å². The van der Waals surface area contributed by atoms with Crippen molar-refractivity contribution < 1.29 is 18.3 Å². The van der Waals surface area contributed by atoms with Crippen LogP contribution in [0.3, 0.4) is 0 Å². The molecule has 3 rings (SSSR count). The SMILES string of the molecule is O=C(CN[C@H](c1ccccc1)c1ccc(OC(F)F)cc1)NCc1ccccc1. The number of halogens is 2. The van der Waals surface area contributed by atoms with E-state index in [2.05, 4.69) is 15.4 Å². The lowest BCUT2D eigenvalue weighted by Crippen LogP contribution is -2.35. The third-order valence-electron chi connectivity index (χ3n) is 4.37. The van der Waals surface area contributed by atoms with Crippen LogP contribution in [-0.2, 0) is 11.3 Å². The molecule has 0 aliphatic rings. The lowest BCUT2D eigenvalue weighted by Gasteiger charge is -2.20. The van der Waals surface area contributed by atoms with E-state index in [4.69, 9.17) is 0 Å². The molecular formula is C23H22F2N2O2. The molecule has 1 amide bonds. The highest BCUT2D eigenvalue weighted by Crippen LogP contribution is 2.24. The summed E-state index contributed by atoms with van der Waals surface area (Å²) in [6.07, 6.45) is 0. The van der Waals surface area contributed by atoms with Gasteiger partial charge in [0.15, 0.2) is 0 Å². The van der Waals surface area contributed by atoms with E-state index in [1.807, 2.05) is 60.7 Å². The molecule has 0 heterocycles. The van der Waals surface area contributed by atoms with Gasteiger partial charge in [0.05, 0.1) is 12.6 Å². The number of carbonyl (C=O) groups excluding carboxylic acids is 1. The van der Waals surface area contributed by atoms with Crippen molar-refractivity contribution >= 4 is 5.91 Å². The highest BCUT2D eigenvalue weighted by molar-refractivity contribution is 5.78. The van der Waals surface area contributed by atoms with E-state index in [1.54, 1.807) is 12.1 Å². The van der Waals surface area contributed by atoms with Crippen molar-refractivity contribution in [3.8, 4) is 5.75 Å². The van der Waals surface area contributed by atoms with Gasteiger partial charge in [0.2, 0.25) is 5.91 Å². The molecule has 0 fully saturated rings. The van der Waals surface area contributed by atoms with Gasteiger partial charge in [-0.1, -0.05) is 72.8 Å². The van der Waals surface area contributed by atoms with Gasteiger partial charge in [-0.05, 0) is 28.8 Å². The van der Waals surface area contributed by atoms with Gasteiger partial charge in [-0.25, -0.2) is 0 Å². The molecule has 0 radical (unpaired) electrons. The number of hydrogen-bond acceptors (Lipinski definition) is 3. The zero-order chi connectivity index (χ0) is 20.5. The molecule has 2 N–H and O–H groups in total. The number of rotatable bonds is 9. The van der Waals surface area contributed by atoms with Gasteiger partial charge >= 0.3 is 6.61 Å². The number of carbonyl (C=O) groups is 1. The first-order chi connectivity index (χ1) is 14.1. The molecule has 150 valence electrons. The topological polar surface area (TPSA) is 50.4 Å². The first-order valence-electron chi connectivity index (χ1n) is 9.25. The summed E-state index contributed by atoms with van der Waals surface area (Å²) in [5.41, 5.74) is 2.83. The molecule has 0 aliphatic carbocycles. The molecule has 29 heavy (non-hydrogen) atoms. The number of alkyl halides is 2. The molecular weight excluding hydrogens is 374 g/mol. The van der Waals surface area contributed by atoms with E-state index >= 15 is 0 Å². The molecule has 0 spiro atoms. The van der Waals surface area contributed by atoms with Crippen LogP contribution in [0.15, 0.2) is 84.9 Å². The monoisotopic (exact) mass is 396 g/mol. The molecule has 0 aliphatic heterocycles. The van der Waals surface area contributed by atoms with Crippen LogP contribution in [0, 0.1) is 0 Å². The average Bonchev–Trinajstić information content (AvgIpc) is 2.74. The maximum atomic E-state index is 12.4. The average molecular weight is 396 g/mol. The molecule has 0 unspecified atom stereocenters. The molecule has 4 nitrogen and oxygen atoms in total. The van der Waals surface area contributed by atoms with Gasteiger partial charge in [0.25, 0.3) is 0 Å². The van der Waals surface area contributed by atoms with Crippen molar-refractivity contribution in [2.45, 2.75) is 19.2 Å². The Kier molecular flexibility index (Phi) is 7.30. The van der Waals surface area contributed by atoms with E-state index in [1.165, 1.54) is 12.1 Å².